The molecule has 1 unspecified atom stereocenters. The summed E-state index contributed by atoms with van der Waals surface area (Å²) in [6.45, 7) is 0.922. The molecule has 102 valence electrons. The Kier molecular flexibility index (Phi) is 3.33. The molecule has 3 rings (SSSR count). The van der Waals surface area contributed by atoms with E-state index >= 15 is 0 Å². The van der Waals surface area contributed by atoms with Crippen LogP contribution in [0.15, 0.2) is 12.5 Å². The fraction of sp³-hybridized carbons (Fsp3) is 0.615. The summed E-state index contributed by atoms with van der Waals surface area (Å²) in [7, 11) is 4.01. The third-order valence-corrected chi connectivity index (χ3v) is 3.92. The molecule has 0 fully saturated rings. The van der Waals surface area contributed by atoms with E-state index in [4.69, 9.17) is 0 Å². The van der Waals surface area contributed by atoms with E-state index in [9.17, 15) is 0 Å². The lowest BCUT2D eigenvalue weighted by atomic mass is 9.93. The first kappa shape index (κ1) is 12.3. The lowest BCUT2D eigenvalue weighted by molar-refractivity contribution is 0.452. The molecule has 0 amide bonds. The summed E-state index contributed by atoms with van der Waals surface area (Å²) in [5, 5.41) is 16.0. The van der Waals surface area contributed by atoms with Gasteiger partial charge < -0.3 is 9.88 Å². The van der Waals surface area contributed by atoms with Crippen molar-refractivity contribution in [1.29, 1.82) is 0 Å². The highest BCUT2D eigenvalue weighted by molar-refractivity contribution is 5.24. The lowest BCUT2D eigenvalue weighted by Crippen LogP contribution is -2.27. The Hall–Kier alpha value is -1.69. The second kappa shape index (κ2) is 5.13. The van der Waals surface area contributed by atoms with Gasteiger partial charge in [0, 0.05) is 44.4 Å². The zero-order valence-corrected chi connectivity index (χ0v) is 11.5. The van der Waals surface area contributed by atoms with E-state index in [2.05, 4.69) is 20.6 Å². The van der Waals surface area contributed by atoms with Crippen molar-refractivity contribution < 1.29 is 0 Å². The van der Waals surface area contributed by atoms with Crippen molar-refractivity contribution in [2.75, 3.05) is 6.54 Å². The Bertz CT molecular complexity index is 555. The normalized spacial score (nSPS) is 18.5. The summed E-state index contributed by atoms with van der Waals surface area (Å²) in [6, 6.07) is 0.436. The third-order valence-electron chi connectivity index (χ3n) is 3.92. The first-order valence-electron chi connectivity index (χ1n) is 6.82. The monoisotopic (exact) mass is 260 g/mol. The van der Waals surface area contributed by atoms with E-state index in [1.807, 2.05) is 29.5 Å². The van der Waals surface area contributed by atoms with Gasteiger partial charge in [0.25, 0.3) is 0 Å². The van der Waals surface area contributed by atoms with Gasteiger partial charge in [-0.15, -0.1) is 10.2 Å². The number of fused-ring (bicyclic) bond motifs is 1. The van der Waals surface area contributed by atoms with Crippen LogP contribution >= 0.6 is 0 Å². The molecule has 2 aromatic heterocycles. The third kappa shape index (κ3) is 2.40. The minimum atomic E-state index is 0.436. The van der Waals surface area contributed by atoms with Crippen LogP contribution in [-0.2, 0) is 26.9 Å². The topological polar surface area (TPSA) is 60.6 Å². The van der Waals surface area contributed by atoms with Crippen LogP contribution in [0.2, 0.25) is 0 Å². The molecule has 0 aliphatic heterocycles. The summed E-state index contributed by atoms with van der Waals surface area (Å²) in [5.41, 5.74) is 2.74. The van der Waals surface area contributed by atoms with E-state index in [1.165, 1.54) is 24.1 Å². The zero-order valence-electron chi connectivity index (χ0n) is 11.5. The van der Waals surface area contributed by atoms with Crippen molar-refractivity contribution >= 4 is 0 Å². The van der Waals surface area contributed by atoms with Crippen LogP contribution < -0.4 is 5.32 Å². The standard InChI is InChI=1S/C13H20N6/c1-18-9-15-17-13(18)6-7-14-11-4-3-5-12-10(11)8-16-19(12)2/h8-9,11,14H,3-7H2,1-2H3. The molecule has 0 radical (unpaired) electrons. The van der Waals surface area contributed by atoms with Crippen molar-refractivity contribution in [2.24, 2.45) is 14.1 Å². The second-order valence-corrected chi connectivity index (χ2v) is 5.18. The molecule has 2 aromatic rings. The van der Waals surface area contributed by atoms with Gasteiger partial charge in [-0.25, -0.2) is 0 Å². The van der Waals surface area contributed by atoms with Gasteiger partial charge in [-0.2, -0.15) is 5.10 Å². The molecule has 0 bridgehead atoms. The Morgan fingerprint density at radius 3 is 3.11 bits per heavy atom. The predicted molar refractivity (Wildman–Crippen MR) is 71.6 cm³/mol. The van der Waals surface area contributed by atoms with E-state index in [-0.39, 0.29) is 0 Å². The molecule has 6 nitrogen and oxygen atoms in total. The molecule has 2 heterocycles. The summed E-state index contributed by atoms with van der Waals surface area (Å²) in [5.74, 6) is 1.02. The Labute approximate surface area is 112 Å². The zero-order chi connectivity index (χ0) is 13.2. The van der Waals surface area contributed by atoms with Crippen LogP contribution in [0.4, 0.5) is 0 Å². The summed E-state index contributed by atoms with van der Waals surface area (Å²) >= 11 is 0. The smallest absolute Gasteiger partial charge is 0.133 e. The van der Waals surface area contributed by atoms with Gasteiger partial charge in [0.05, 0.1) is 6.20 Å². The maximum Gasteiger partial charge on any atom is 0.133 e. The maximum atomic E-state index is 4.37. The van der Waals surface area contributed by atoms with Gasteiger partial charge in [-0.3, -0.25) is 4.68 Å². The molecule has 1 N–H and O–H groups in total. The van der Waals surface area contributed by atoms with Crippen LogP contribution in [0.1, 0.15) is 36.0 Å². The summed E-state index contributed by atoms with van der Waals surface area (Å²) < 4.78 is 3.98. The van der Waals surface area contributed by atoms with Crippen LogP contribution in [0.25, 0.3) is 0 Å². The van der Waals surface area contributed by atoms with E-state index in [0.717, 1.165) is 25.2 Å². The van der Waals surface area contributed by atoms with E-state index in [1.54, 1.807) is 6.33 Å². The summed E-state index contributed by atoms with van der Waals surface area (Å²) in [6.07, 6.45) is 8.23. The van der Waals surface area contributed by atoms with Gasteiger partial charge in [-0.1, -0.05) is 0 Å². The lowest BCUT2D eigenvalue weighted by Gasteiger charge is -2.23. The van der Waals surface area contributed by atoms with Gasteiger partial charge in [0.1, 0.15) is 12.2 Å². The average molecular weight is 260 g/mol. The molecule has 19 heavy (non-hydrogen) atoms. The summed E-state index contributed by atoms with van der Waals surface area (Å²) in [4.78, 5) is 0. The Morgan fingerprint density at radius 2 is 2.32 bits per heavy atom. The van der Waals surface area contributed by atoms with Crippen molar-refractivity contribution in [1.82, 2.24) is 29.9 Å². The van der Waals surface area contributed by atoms with Gasteiger partial charge in [0.2, 0.25) is 0 Å². The highest BCUT2D eigenvalue weighted by Crippen LogP contribution is 2.28. The molecule has 0 aromatic carbocycles. The largest absolute Gasteiger partial charge is 0.321 e. The molecule has 1 aliphatic rings. The minimum absolute atomic E-state index is 0.436. The number of nitrogens with zero attached hydrogens (tertiary/aromatic N) is 5. The van der Waals surface area contributed by atoms with Gasteiger partial charge in [-0.05, 0) is 19.3 Å². The van der Waals surface area contributed by atoms with E-state index < -0.39 is 0 Å². The molecule has 0 spiro atoms. The van der Waals surface area contributed by atoms with Crippen LogP contribution in [0.5, 0.6) is 0 Å². The molecule has 1 atom stereocenters. The molecule has 1 aliphatic carbocycles. The molecule has 0 saturated carbocycles. The average Bonchev–Trinajstić information content (AvgIpc) is 2.98. The fourth-order valence-corrected chi connectivity index (χ4v) is 2.81. The number of rotatable bonds is 4. The highest BCUT2D eigenvalue weighted by Gasteiger charge is 2.22. The molecule has 6 heteroatoms. The number of hydrogen-bond donors (Lipinski definition) is 1. The Balaban J connectivity index is 1.61. The number of aromatic nitrogens is 5. The fourth-order valence-electron chi connectivity index (χ4n) is 2.81. The predicted octanol–water partition coefficient (Wildman–Crippen LogP) is 0.758. The van der Waals surface area contributed by atoms with Crippen molar-refractivity contribution in [2.45, 2.75) is 31.7 Å². The first-order valence-corrected chi connectivity index (χ1v) is 6.82. The minimum Gasteiger partial charge on any atom is -0.321 e. The Morgan fingerprint density at radius 1 is 1.42 bits per heavy atom. The molecular weight excluding hydrogens is 240 g/mol. The number of nitrogens with one attached hydrogen (secondary N) is 1. The van der Waals surface area contributed by atoms with Gasteiger partial charge >= 0.3 is 0 Å². The van der Waals surface area contributed by atoms with Crippen molar-refractivity contribution in [3.63, 3.8) is 0 Å². The second-order valence-electron chi connectivity index (χ2n) is 5.18. The highest BCUT2D eigenvalue weighted by atomic mass is 15.3. The van der Waals surface area contributed by atoms with Crippen LogP contribution in [-0.4, -0.2) is 31.1 Å². The van der Waals surface area contributed by atoms with Crippen LogP contribution in [0.3, 0.4) is 0 Å². The molecular formula is C13H20N6. The quantitative estimate of drug-likeness (QED) is 0.881. The van der Waals surface area contributed by atoms with Crippen LogP contribution in [0, 0.1) is 0 Å². The van der Waals surface area contributed by atoms with Crippen molar-refractivity contribution in [3.05, 3.63) is 29.6 Å². The number of hydrogen-bond acceptors (Lipinski definition) is 4. The first-order chi connectivity index (χ1) is 9.25. The SMILES string of the molecule is Cn1cnnc1CCNC1CCCc2c1cnn2C. The van der Waals surface area contributed by atoms with Gasteiger partial charge in [0.15, 0.2) is 0 Å². The van der Waals surface area contributed by atoms with E-state index in [0.29, 0.717) is 6.04 Å². The number of aryl methyl sites for hydroxylation is 2. The molecule has 0 saturated heterocycles. The van der Waals surface area contributed by atoms with Crippen molar-refractivity contribution in [3.8, 4) is 0 Å². The maximum absolute atomic E-state index is 4.37.